The predicted molar refractivity (Wildman–Crippen MR) is 87.8 cm³/mol. The number of carbonyl (C=O) groups is 1. The fourth-order valence-electron chi connectivity index (χ4n) is 1.69. The second-order valence-electron chi connectivity index (χ2n) is 3.90. The van der Waals surface area contributed by atoms with E-state index >= 15 is 0 Å². The van der Waals surface area contributed by atoms with Crippen LogP contribution in [0.15, 0.2) is 45.3 Å². The maximum Gasteiger partial charge on any atom is 0.259 e. The Hall–Kier alpha value is -1.04. The standard InChI is InChI=1S/C14H10Br2ClNO2/c1-20-13-9(6-8(15)7-10(13)16)14(19)18-12-5-3-2-4-11(12)17/h2-7H,1H3,(H,18,19). The van der Waals surface area contributed by atoms with E-state index in [-0.39, 0.29) is 5.91 Å². The molecular formula is C14H10Br2ClNO2. The van der Waals surface area contributed by atoms with E-state index in [0.29, 0.717) is 26.5 Å². The SMILES string of the molecule is COc1c(Br)cc(Br)cc1C(=O)Nc1ccccc1Cl. The van der Waals surface area contributed by atoms with Crippen LogP contribution in [-0.4, -0.2) is 13.0 Å². The Morgan fingerprint density at radius 1 is 1.25 bits per heavy atom. The summed E-state index contributed by atoms with van der Waals surface area (Å²) in [7, 11) is 1.51. The molecular weight excluding hydrogens is 409 g/mol. The zero-order valence-corrected chi connectivity index (χ0v) is 14.3. The van der Waals surface area contributed by atoms with Gasteiger partial charge in [-0.2, -0.15) is 0 Å². The van der Waals surface area contributed by atoms with Crippen LogP contribution in [0.3, 0.4) is 0 Å². The number of halogens is 3. The van der Waals surface area contributed by atoms with E-state index in [0.717, 1.165) is 4.47 Å². The number of ether oxygens (including phenoxy) is 1. The molecule has 2 rings (SSSR count). The number of rotatable bonds is 3. The summed E-state index contributed by atoms with van der Waals surface area (Å²) in [6.07, 6.45) is 0. The minimum Gasteiger partial charge on any atom is -0.495 e. The molecule has 0 bridgehead atoms. The van der Waals surface area contributed by atoms with E-state index < -0.39 is 0 Å². The molecule has 0 aliphatic carbocycles. The lowest BCUT2D eigenvalue weighted by Gasteiger charge is -2.12. The van der Waals surface area contributed by atoms with E-state index in [2.05, 4.69) is 37.2 Å². The Morgan fingerprint density at radius 3 is 2.60 bits per heavy atom. The van der Waals surface area contributed by atoms with Gasteiger partial charge in [-0.1, -0.05) is 39.7 Å². The largest absolute Gasteiger partial charge is 0.495 e. The first-order valence-electron chi connectivity index (χ1n) is 5.62. The van der Waals surface area contributed by atoms with Gasteiger partial charge in [-0.05, 0) is 40.2 Å². The van der Waals surface area contributed by atoms with Crippen LogP contribution in [0.1, 0.15) is 10.4 Å². The van der Waals surface area contributed by atoms with E-state index in [1.807, 2.05) is 6.07 Å². The Morgan fingerprint density at radius 2 is 1.95 bits per heavy atom. The summed E-state index contributed by atoms with van der Waals surface area (Å²) >= 11 is 12.7. The molecule has 0 spiro atoms. The highest BCUT2D eigenvalue weighted by atomic mass is 79.9. The quantitative estimate of drug-likeness (QED) is 0.749. The van der Waals surface area contributed by atoms with Gasteiger partial charge in [0.2, 0.25) is 0 Å². The number of carbonyl (C=O) groups excluding carboxylic acids is 1. The molecule has 0 aliphatic rings. The molecule has 0 saturated heterocycles. The number of hydrogen-bond acceptors (Lipinski definition) is 2. The zero-order chi connectivity index (χ0) is 14.7. The third-order valence-corrected chi connectivity index (χ3v) is 3.96. The normalized spacial score (nSPS) is 10.2. The van der Waals surface area contributed by atoms with Gasteiger partial charge < -0.3 is 10.1 Å². The first-order chi connectivity index (χ1) is 9.52. The van der Waals surface area contributed by atoms with Crippen LogP contribution in [0.4, 0.5) is 5.69 Å². The van der Waals surface area contributed by atoms with Crippen molar-refractivity contribution < 1.29 is 9.53 Å². The molecule has 0 aromatic heterocycles. The van der Waals surface area contributed by atoms with Crippen molar-refractivity contribution in [2.24, 2.45) is 0 Å². The number of para-hydroxylation sites is 1. The van der Waals surface area contributed by atoms with Crippen molar-refractivity contribution in [2.45, 2.75) is 0 Å². The van der Waals surface area contributed by atoms with Crippen molar-refractivity contribution in [3.63, 3.8) is 0 Å². The van der Waals surface area contributed by atoms with E-state index in [1.165, 1.54) is 7.11 Å². The second kappa shape index (κ2) is 6.61. The Balaban J connectivity index is 2.37. The number of methoxy groups -OCH3 is 1. The molecule has 3 nitrogen and oxygen atoms in total. The molecule has 104 valence electrons. The monoisotopic (exact) mass is 417 g/mol. The molecule has 0 radical (unpaired) electrons. The third-order valence-electron chi connectivity index (χ3n) is 2.58. The summed E-state index contributed by atoms with van der Waals surface area (Å²) in [4.78, 5) is 12.4. The lowest BCUT2D eigenvalue weighted by Crippen LogP contribution is -2.13. The number of benzene rings is 2. The van der Waals surface area contributed by atoms with Gasteiger partial charge in [-0.25, -0.2) is 0 Å². The number of hydrogen-bond donors (Lipinski definition) is 1. The molecule has 2 aromatic rings. The Kier molecular flexibility index (Phi) is 5.07. The maximum absolute atomic E-state index is 12.4. The lowest BCUT2D eigenvalue weighted by atomic mass is 10.2. The molecule has 0 saturated carbocycles. The van der Waals surface area contributed by atoms with Crippen molar-refractivity contribution >= 4 is 55.1 Å². The molecule has 0 atom stereocenters. The number of amides is 1. The first kappa shape index (κ1) is 15.4. The van der Waals surface area contributed by atoms with Crippen molar-refractivity contribution in [1.82, 2.24) is 0 Å². The molecule has 1 N–H and O–H groups in total. The van der Waals surface area contributed by atoms with Crippen molar-refractivity contribution in [3.8, 4) is 5.75 Å². The van der Waals surface area contributed by atoms with Gasteiger partial charge in [0.05, 0.1) is 27.9 Å². The summed E-state index contributed by atoms with van der Waals surface area (Å²) in [6.45, 7) is 0. The smallest absolute Gasteiger partial charge is 0.259 e. The highest BCUT2D eigenvalue weighted by Gasteiger charge is 2.17. The van der Waals surface area contributed by atoms with Gasteiger partial charge in [0.25, 0.3) is 5.91 Å². The van der Waals surface area contributed by atoms with Crippen molar-refractivity contribution in [3.05, 3.63) is 55.9 Å². The van der Waals surface area contributed by atoms with Gasteiger partial charge in [-0.3, -0.25) is 4.79 Å². The molecule has 0 aliphatic heterocycles. The summed E-state index contributed by atoms with van der Waals surface area (Å²) in [5.74, 6) is 0.176. The minimum atomic E-state index is -0.294. The van der Waals surface area contributed by atoms with Crippen LogP contribution in [0.25, 0.3) is 0 Å². The number of nitrogens with one attached hydrogen (secondary N) is 1. The average molecular weight is 420 g/mol. The highest BCUT2D eigenvalue weighted by molar-refractivity contribution is 9.11. The highest BCUT2D eigenvalue weighted by Crippen LogP contribution is 2.33. The fourth-order valence-corrected chi connectivity index (χ4v) is 3.26. The Bertz CT molecular complexity index is 662. The van der Waals surface area contributed by atoms with E-state index in [9.17, 15) is 4.79 Å². The molecule has 2 aromatic carbocycles. The summed E-state index contributed by atoms with van der Waals surface area (Å²) in [5, 5.41) is 3.24. The van der Waals surface area contributed by atoms with Crippen molar-refractivity contribution in [1.29, 1.82) is 0 Å². The van der Waals surface area contributed by atoms with Gasteiger partial charge in [-0.15, -0.1) is 0 Å². The first-order valence-corrected chi connectivity index (χ1v) is 7.58. The van der Waals surface area contributed by atoms with E-state index in [1.54, 1.807) is 30.3 Å². The molecule has 6 heteroatoms. The third kappa shape index (κ3) is 3.34. The van der Waals surface area contributed by atoms with Crippen LogP contribution in [0.2, 0.25) is 5.02 Å². The van der Waals surface area contributed by atoms with Gasteiger partial charge in [0, 0.05) is 4.47 Å². The van der Waals surface area contributed by atoms with E-state index in [4.69, 9.17) is 16.3 Å². The number of anilines is 1. The lowest BCUT2D eigenvalue weighted by molar-refractivity contribution is 0.102. The van der Waals surface area contributed by atoms with Gasteiger partial charge in [0.15, 0.2) is 0 Å². The van der Waals surface area contributed by atoms with Crippen LogP contribution >= 0.6 is 43.5 Å². The molecule has 0 fully saturated rings. The summed E-state index contributed by atoms with van der Waals surface area (Å²) < 4.78 is 6.72. The molecule has 20 heavy (non-hydrogen) atoms. The van der Waals surface area contributed by atoms with Crippen LogP contribution in [-0.2, 0) is 0 Å². The van der Waals surface area contributed by atoms with Crippen LogP contribution < -0.4 is 10.1 Å². The summed E-state index contributed by atoms with van der Waals surface area (Å²) in [6, 6.07) is 10.6. The zero-order valence-electron chi connectivity index (χ0n) is 10.4. The van der Waals surface area contributed by atoms with Crippen LogP contribution in [0, 0.1) is 0 Å². The van der Waals surface area contributed by atoms with Gasteiger partial charge >= 0.3 is 0 Å². The fraction of sp³-hybridized carbons (Fsp3) is 0.0714. The minimum absolute atomic E-state index is 0.294. The van der Waals surface area contributed by atoms with Crippen LogP contribution in [0.5, 0.6) is 5.75 Å². The predicted octanol–water partition coefficient (Wildman–Crippen LogP) is 5.13. The molecule has 0 heterocycles. The molecule has 1 amide bonds. The van der Waals surface area contributed by atoms with Crippen molar-refractivity contribution in [2.75, 3.05) is 12.4 Å². The molecule has 0 unspecified atom stereocenters. The summed E-state index contributed by atoms with van der Waals surface area (Å²) in [5.41, 5.74) is 0.964. The second-order valence-corrected chi connectivity index (χ2v) is 6.08. The average Bonchev–Trinajstić information content (AvgIpc) is 2.40. The topological polar surface area (TPSA) is 38.3 Å². The maximum atomic E-state index is 12.4. The van der Waals surface area contributed by atoms with Gasteiger partial charge in [0.1, 0.15) is 5.75 Å². The Labute approximate surface area is 138 Å².